The first kappa shape index (κ1) is 12.0. The van der Waals surface area contributed by atoms with E-state index in [0.717, 1.165) is 6.07 Å². The summed E-state index contributed by atoms with van der Waals surface area (Å²) in [6, 6.07) is 1.02. The van der Waals surface area contributed by atoms with Crippen LogP contribution in [0.5, 0.6) is 0 Å². The summed E-state index contributed by atoms with van der Waals surface area (Å²) >= 11 is 0. The van der Waals surface area contributed by atoms with Crippen LogP contribution in [0, 0.1) is 6.92 Å². The van der Waals surface area contributed by atoms with Crippen LogP contribution in [0.3, 0.4) is 0 Å². The lowest BCUT2D eigenvalue weighted by Crippen LogP contribution is -2.21. The molecule has 0 unspecified atom stereocenters. The van der Waals surface area contributed by atoms with E-state index in [1.165, 1.54) is 6.92 Å². The molecule has 0 saturated heterocycles. The van der Waals surface area contributed by atoms with Gasteiger partial charge in [-0.3, -0.25) is 4.79 Å². The molecule has 0 aliphatic rings. The van der Waals surface area contributed by atoms with Crippen LogP contribution >= 0.6 is 0 Å². The summed E-state index contributed by atoms with van der Waals surface area (Å²) in [6.07, 6.45) is 0. The molecule has 16 heavy (non-hydrogen) atoms. The van der Waals surface area contributed by atoms with Gasteiger partial charge < -0.3 is 14.8 Å². The Hall–Kier alpha value is -2.11. The van der Waals surface area contributed by atoms with Gasteiger partial charge in [0, 0.05) is 5.69 Å². The predicted octanol–water partition coefficient (Wildman–Crippen LogP) is 0.558. The van der Waals surface area contributed by atoms with E-state index in [4.69, 9.17) is 9.84 Å². The normalized spacial score (nSPS) is 9.88. The first-order valence-corrected chi connectivity index (χ1v) is 4.61. The van der Waals surface area contributed by atoms with Crippen LogP contribution in [0.15, 0.2) is 10.9 Å². The molecular weight excluding hydrogens is 214 g/mol. The zero-order valence-corrected chi connectivity index (χ0v) is 8.86. The molecule has 1 aromatic heterocycles. The molecule has 0 bridgehead atoms. The Balaban J connectivity index is 3.30. The Morgan fingerprint density at radius 2 is 2.06 bits per heavy atom. The largest absolute Gasteiger partial charge is 0.477 e. The second kappa shape index (κ2) is 4.61. The number of aromatic amines is 1. The number of aromatic carboxylic acids is 1. The van der Waals surface area contributed by atoms with E-state index in [-0.39, 0.29) is 17.9 Å². The number of aryl methyl sites for hydroxylation is 1. The summed E-state index contributed by atoms with van der Waals surface area (Å²) in [5.74, 6) is -2.04. The summed E-state index contributed by atoms with van der Waals surface area (Å²) < 4.78 is 4.73. The lowest BCUT2D eigenvalue weighted by Gasteiger charge is -2.05. The average Bonchev–Trinajstić information content (AvgIpc) is 2.17. The summed E-state index contributed by atoms with van der Waals surface area (Å²) in [6.45, 7) is 3.32. The van der Waals surface area contributed by atoms with Crippen LogP contribution < -0.4 is 5.56 Å². The average molecular weight is 225 g/mol. The maximum Gasteiger partial charge on any atom is 0.341 e. The van der Waals surface area contributed by atoms with Gasteiger partial charge in [0.2, 0.25) is 0 Å². The van der Waals surface area contributed by atoms with Crippen LogP contribution in [0.1, 0.15) is 33.3 Å². The number of carbonyl (C=O) groups is 2. The quantitative estimate of drug-likeness (QED) is 0.732. The minimum atomic E-state index is -1.38. The van der Waals surface area contributed by atoms with E-state index in [1.807, 2.05) is 0 Å². The van der Waals surface area contributed by atoms with Gasteiger partial charge in [-0.25, -0.2) is 9.59 Å². The number of carboxylic acid groups (broad SMARTS) is 1. The van der Waals surface area contributed by atoms with Crippen LogP contribution in [0.2, 0.25) is 0 Å². The van der Waals surface area contributed by atoms with Crippen molar-refractivity contribution in [1.82, 2.24) is 4.98 Å². The van der Waals surface area contributed by atoms with Crippen LogP contribution in [0.4, 0.5) is 0 Å². The third-order valence-corrected chi connectivity index (χ3v) is 1.96. The highest BCUT2D eigenvalue weighted by Gasteiger charge is 2.17. The molecule has 0 aromatic carbocycles. The number of H-pyrrole nitrogens is 1. The molecule has 0 spiro atoms. The standard InChI is InChI=1S/C10H11NO5/c1-3-16-10(15)6-4-7(9(13)14)8(12)11-5(6)2/h4H,3H2,1-2H3,(H,11,12)(H,13,14). The molecule has 0 aliphatic heterocycles. The first-order chi connectivity index (χ1) is 7.47. The van der Waals surface area contributed by atoms with Crippen molar-refractivity contribution in [2.24, 2.45) is 0 Å². The monoisotopic (exact) mass is 225 g/mol. The minimum Gasteiger partial charge on any atom is -0.477 e. The Bertz CT molecular complexity index is 488. The summed E-state index contributed by atoms with van der Waals surface area (Å²) in [4.78, 5) is 35.6. The van der Waals surface area contributed by atoms with Gasteiger partial charge in [-0.2, -0.15) is 0 Å². The highest BCUT2D eigenvalue weighted by molar-refractivity contribution is 5.94. The van der Waals surface area contributed by atoms with Gasteiger partial charge in [0.15, 0.2) is 0 Å². The summed E-state index contributed by atoms with van der Waals surface area (Å²) in [5, 5.41) is 8.72. The van der Waals surface area contributed by atoms with Crippen molar-refractivity contribution < 1.29 is 19.4 Å². The summed E-state index contributed by atoms with van der Waals surface area (Å²) in [7, 11) is 0. The Kier molecular flexibility index (Phi) is 3.44. The minimum absolute atomic E-state index is 0.0545. The zero-order chi connectivity index (χ0) is 12.3. The van der Waals surface area contributed by atoms with Crippen molar-refractivity contribution in [3.8, 4) is 0 Å². The Morgan fingerprint density at radius 1 is 1.44 bits per heavy atom. The number of rotatable bonds is 3. The molecule has 6 heteroatoms. The van der Waals surface area contributed by atoms with Crippen molar-refractivity contribution in [1.29, 1.82) is 0 Å². The van der Waals surface area contributed by atoms with Gasteiger partial charge in [0.1, 0.15) is 5.56 Å². The van der Waals surface area contributed by atoms with Gasteiger partial charge in [-0.1, -0.05) is 0 Å². The van der Waals surface area contributed by atoms with Gasteiger partial charge in [0.25, 0.3) is 5.56 Å². The smallest absolute Gasteiger partial charge is 0.341 e. The van der Waals surface area contributed by atoms with Crippen molar-refractivity contribution >= 4 is 11.9 Å². The SMILES string of the molecule is CCOC(=O)c1cc(C(=O)O)c(=O)[nH]c1C. The van der Waals surface area contributed by atoms with Crippen molar-refractivity contribution in [3.05, 3.63) is 33.2 Å². The number of esters is 1. The molecule has 0 atom stereocenters. The lowest BCUT2D eigenvalue weighted by molar-refractivity contribution is 0.0525. The molecule has 1 heterocycles. The molecule has 0 aliphatic carbocycles. The molecule has 1 aromatic rings. The highest BCUT2D eigenvalue weighted by atomic mass is 16.5. The molecule has 0 fully saturated rings. The van der Waals surface area contributed by atoms with E-state index in [1.54, 1.807) is 6.92 Å². The van der Waals surface area contributed by atoms with Crippen LogP contribution in [0.25, 0.3) is 0 Å². The third kappa shape index (κ3) is 2.28. The van der Waals surface area contributed by atoms with E-state index in [9.17, 15) is 14.4 Å². The van der Waals surface area contributed by atoms with E-state index >= 15 is 0 Å². The molecule has 0 radical (unpaired) electrons. The fourth-order valence-electron chi connectivity index (χ4n) is 1.20. The number of hydrogen-bond donors (Lipinski definition) is 2. The maximum absolute atomic E-state index is 11.4. The number of carboxylic acids is 1. The van der Waals surface area contributed by atoms with Gasteiger partial charge in [0.05, 0.1) is 12.2 Å². The lowest BCUT2D eigenvalue weighted by atomic mass is 10.1. The number of nitrogens with one attached hydrogen (secondary N) is 1. The molecule has 0 saturated carbocycles. The molecule has 1 rings (SSSR count). The molecule has 6 nitrogen and oxygen atoms in total. The van der Waals surface area contributed by atoms with Crippen molar-refractivity contribution in [2.45, 2.75) is 13.8 Å². The number of carbonyl (C=O) groups excluding carboxylic acids is 1. The zero-order valence-electron chi connectivity index (χ0n) is 8.86. The van der Waals surface area contributed by atoms with Crippen molar-refractivity contribution in [2.75, 3.05) is 6.61 Å². The predicted molar refractivity (Wildman–Crippen MR) is 54.7 cm³/mol. The fourth-order valence-corrected chi connectivity index (χ4v) is 1.20. The second-order valence-corrected chi connectivity index (χ2v) is 3.08. The number of ether oxygens (including phenoxy) is 1. The number of hydrogen-bond acceptors (Lipinski definition) is 4. The van der Waals surface area contributed by atoms with E-state index < -0.39 is 23.1 Å². The van der Waals surface area contributed by atoms with Crippen LogP contribution in [-0.2, 0) is 4.74 Å². The van der Waals surface area contributed by atoms with Crippen molar-refractivity contribution in [3.63, 3.8) is 0 Å². The van der Waals surface area contributed by atoms with Gasteiger partial charge in [-0.15, -0.1) is 0 Å². The molecule has 0 amide bonds. The third-order valence-electron chi connectivity index (χ3n) is 1.96. The van der Waals surface area contributed by atoms with Crippen LogP contribution in [-0.4, -0.2) is 28.6 Å². The molecular formula is C10H11NO5. The maximum atomic E-state index is 11.4. The molecule has 86 valence electrons. The first-order valence-electron chi connectivity index (χ1n) is 4.61. The Labute approximate surface area is 90.9 Å². The van der Waals surface area contributed by atoms with Gasteiger partial charge in [-0.05, 0) is 19.9 Å². The number of aromatic nitrogens is 1. The van der Waals surface area contributed by atoms with E-state index in [0.29, 0.717) is 0 Å². The van der Waals surface area contributed by atoms with Gasteiger partial charge >= 0.3 is 11.9 Å². The topological polar surface area (TPSA) is 96.5 Å². The number of pyridine rings is 1. The second-order valence-electron chi connectivity index (χ2n) is 3.08. The highest BCUT2D eigenvalue weighted by Crippen LogP contribution is 2.07. The summed E-state index contributed by atoms with van der Waals surface area (Å²) in [5.41, 5.74) is -0.876. The fraction of sp³-hybridized carbons (Fsp3) is 0.300. The molecule has 2 N–H and O–H groups in total. The Morgan fingerprint density at radius 3 is 2.56 bits per heavy atom. The van der Waals surface area contributed by atoms with E-state index in [2.05, 4.69) is 4.98 Å².